The molecule has 1 unspecified atom stereocenters. The van der Waals surface area contributed by atoms with Gasteiger partial charge in [0.15, 0.2) is 0 Å². The zero-order valence-corrected chi connectivity index (χ0v) is 13.0. The lowest BCUT2D eigenvalue weighted by molar-refractivity contribution is -0.0192. The first-order valence-electron chi connectivity index (χ1n) is 7.57. The molecule has 1 atom stereocenters. The van der Waals surface area contributed by atoms with Crippen LogP contribution in [0.4, 0.5) is 5.82 Å². The maximum absolute atomic E-state index is 6.15. The van der Waals surface area contributed by atoms with Gasteiger partial charge in [-0.25, -0.2) is 9.97 Å². The first-order valence-corrected chi connectivity index (χ1v) is 8.45. The third kappa shape index (κ3) is 2.52. The first-order chi connectivity index (χ1) is 10.2. The van der Waals surface area contributed by atoms with Crippen LogP contribution < -0.4 is 10.6 Å². The van der Waals surface area contributed by atoms with Crippen LogP contribution in [0.1, 0.15) is 25.1 Å². The van der Waals surface area contributed by atoms with Crippen molar-refractivity contribution in [3.05, 3.63) is 17.3 Å². The number of anilines is 1. The maximum Gasteiger partial charge on any atom is 0.138 e. The second-order valence-corrected chi connectivity index (χ2v) is 6.94. The quantitative estimate of drug-likeness (QED) is 0.892. The Hall–Kier alpha value is -1.24. The van der Waals surface area contributed by atoms with Gasteiger partial charge in [0.25, 0.3) is 0 Å². The molecule has 2 aromatic rings. The Balaban J connectivity index is 1.54. The summed E-state index contributed by atoms with van der Waals surface area (Å²) in [5.74, 6) is 1.78. The summed E-state index contributed by atoms with van der Waals surface area (Å²) in [6.07, 6.45) is 3.30. The molecule has 2 fully saturated rings. The maximum atomic E-state index is 6.15. The molecule has 2 aliphatic heterocycles. The van der Waals surface area contributed by atoms with Gasteiger partial charge in [0.2, 0.25) is 0 Å². The van der Waals surface area contributed by atoms with Gasteiger partial charge in [-0.3, -0.25) is 0 Å². The number of piperidine rings is 1. The lowest BCUT2D eigenvalue weighted by atomic mass is 9.88. The highest BCUT2D eigenvalue weighted by atomic mass is 32.1. The number of hydrogen-bond acceptors (Lipinski definition) is 6. The highest BCUT2D eigenvalue weighted by Gasteiger charge is 2.41. The van der Waals surface area contributed by atoms with Gasteiger partial charge in [-0.2, -0.15) is 0 Å². The molecule has 6 heteroatoms. The highest BCUT2D eigenvalue weighted by Crippen LogP contribution is 2.36. The second-order valence-electron chi connectivity index (χ2n) is 6.05. The van der Waals surface area contributed by atoms with Crippen LogP contribution in [0.2, 0.25) is 0 Å². The van der Waals surface area contributed by atoms with E-state index in [1.807, 2.05) is 6.92 Å². The van der Waals surface area contributed by atoms with Gasteiger partial charge in [0.05, 0.1) is 23.6 Å². The zero-order valence-electron chi connectivity index (χ0n) is 12.2. The van der Waals surface area contributed by atoms with E-state index in [0.717, 1.165) is 60.8 Å². The number of rotatable bonds is 2. The van der Waals surface area contributed by atoms with Crippen LogP contribution in [0.25, 0.3) is 10.2 Å². The van der Waals surface area contributed by atoms with Crippen LogP contribution in [-0.4, -0.2) is 41.3 Å². The Morgan fingerprint density at radius 3 is 3.10 bits per heavy atom. The van der Waals surface area contributed by atoms with E-state index in [-0.39, 0.29) is 5.60 Å². The first kappa shape index (κ1) is 13.4. The fourth-order valence-corrected chi connectivity index (χ4v) is 4.24. The number of hydrogen-bond donors (Lipinski definition) is 2. The van der Waals surface area contributed by atoms with Crippen molar-refractivity contribution in [3.63, 3.8) is 0 Å². The largest absolute Gasteiger partial charge is 0.373 e. The smallest absolute Gasteiger partial charge is 0.138 e. The number of fused-ring (bicyclic) bond motifs is 1. The van der Waals surface area contributed by atoms with Crippen LogP contribution >= 0.6 is 11.3 Å². The predicted molar refractivity (Wildman–Crippen MR) is 85.0 cm³/mol. The van der Waals surface area contributed by atoms with E-state index in [1.54, 1.807) is 11.3 Å². The molecule has 5 nitrogen and oxygen atoms in total. The molecule has 112 valence electrons. The summed E-state index contributed by atoms with van der Waals surface area (Å²) in [6.45, 7) is 4.85. The summed E-state index contributed by atoms with van der Waals surface area (Å²) in [4.78, 5) is 10.1. The number of thiophene rings is 1. The second kappa shape index (κ2) is 5.19. The lowest BCUT2D eigenvalue weighted by Crippen LogP contribution is -2.41. The molecule has 2 N–H and O–H groups in total. The SMILES string of the molecule is Cc1nc(NC2COC3(CCNCC3)C2)c2ccsc2n1. The highest BCUT2D eigenvalue weighted by molar-refractivity contribution is 7.16. The van der Waals surface area contributed by atoms with Gasteiger partial charge in [0.1, 0.15) is 16.5 Å². The average Bonchev–Trinajstić information content (AvgIpc) is 3.07. The standard InChI is InChI=1S/C15H20N4OS/c1-10-17-13(12-2-7-21-14(12)18-10)19-11-8-15(20-9-11)3-5-16-6-4-15/h2,7,11,16H,3-6,8-9H2,1H3,(H,17,18,19). The van der Waals surface area contributed by atoms with E-state index >= 15 is 0 Å². The summed E-state index contributed by atoms with van der Waals surface area (Å²) in [5.41, 5.74) is 0.0821. The molecular formula is C15H20N4OS. The zero-order chi connectivity index (χ0) is 14.3. The van der Waals surface area contributed by atoms with Gasteiger partial charge in [-0.05, 0) is 50.7 Å². The predicted octanol–water partition coefficient (Wildman–Crippen LogP) is 2.32. The monoisotopic (exact) mass is 304 g/mol. The van der Waals surface area contributed by atoms with Gasteiger partial charge in [-0.15, -0.1) is 11.3 Å². The molecule has 0 bridgehead atoms. The molecule has 0 saturated carbocycles. The fraction of sp³-hybridized carbons (Fsp3) is 0.600. The molecular weight excluding hydrogens is 284 g/mol. The van der Waals surface area contributed by atoms with Crippen molar-refractivity contribution in [3.8, 4) is 0 Å². The molecule has 2 aliphatic rings. The van der Waals surface area contributed by atoms with Crippen LogP contribution in [0.3, 0.4) is 0 Å². The number of aryl methyl sites for hydroxylation is 1. The summed E-state index contributed by atoms with van der Waals surface area (Å²) in [7, 11) is 0. The third-order valence-electron chi connectivity index (χ3n) is 4.50. The number of nitrogens with zero attached hydrogens (tertiary/aromatic N) is 2. The minimum atomic E-state index is 0.0821. The van der Waals surface area contributed by atoms with Gasteiger partial charge in [0, 0.05) is 0 Å². The Bertz CT molecular complexity index is 650. The van der Waals surface area contributed by atoms with Crippen molar-refractivity contribution < 1.29 is 4.74 Å². The fourth-order valence-electron chi connectivity index (χ4n) is 3.43. The van der Waals surface area contributed by atoms with Crippen LogP contribution in [-0.2, 0) is 4.74 Å². The summed E-state index contributed by atoms with van der Waals surface area (Å²) < 4.78 is 6.15. The normalized spacial score (nSPS) is 24.7. The molecule has 4 rings (SSSR count). The minimum absolute atomic E-state index is 0.0821. The van der Waals surface area contributed by atoms with Crippen LogP contribution in [0, 0.1) is 6.92 Å². The van der Waals surface area contributed by atoms with Crippen molar-refractivity contribution >= 4 is 27.4 Å². The molecule has 0 amide bonds. The van der Waals surface area contributed by atoms with Gasteiger partial charge < -0.3 is 15.4 Å². The molecule has 0 aliphatic carbocycles. The van der Waals surface area contributed by atoms with E-state index < -0.39 is 0 Å². The van der Waals surface area contributed by atoms with Crippen LogP contribution in [0.5, 0.6) is 0 Å². The van der Waals surface area contributed by atoms with Crippen molar-refractivity contribution in [2.75, 3.05) is 25.0 Å². The number of nitrogens with one attached hydrogen (secondary N) is 2. The number of aromatic nitrogens is 2. The molecule has 21 heavy (non-hydrogen) atoms. The van der Waals surface area contributed by atoms with Gasteiger partial charge >= 0.3 is 0 Å². The molecule has 1 spiro atoms. The topological polar surface area (TPSA) is 59.1 Å². The van der Waals surface area contributed by atoms with Crippen molar-refractivity contribution in [2.45, 2.75) is 37.8 Å². The Kier molecular flexibility index (Phi) is 3.32. The van der Waals surface area contributed by atoms with Crippen molar-refractivity contribution in [1.29, 1.82) is 0 Å². The summed E-state index contributed by atoms with van der Waals surface area (Å²) >= 11 is 1.66. The number of ether oxygens (including phenoxy) is 1. The van der Waals surface area contributed by atoms with E-state index in [9.17, 15) is 0 Å². The van der Waals surface area contributed by atoms with Crippen molar-refractivity contribution in [1.82, 2.24) is 15.3 Å². The van der Waals surface area contributed by atoms with E-state index in [4.69, 9.17) is 4.74 Å². The van der Waals surface area contributed by atoms with E-state index in [1.165, 1.54) is 0 Å². The van der Waals surface area contributed by atoms with Crippen molar-refractivity contribution in [2.24, 2.45) is 0 Å². The average molecular weight is 304 g/mol. The summed E-state index contributed by atoms with van der Waals surface area (Å²) in [5, 5.41) is 10.2. The van der Waals surface area contributed by atoms with Gasteiger partial charge in [-0.1, -0.05) is 0 Å². The molecule has 4 heterocycles. The Morgan fingerprint density at radius 1 is 1.38 bits per heavy atom. The third-order valence-corrected chi connectivity index (χ3v) is 5.31. The minimum Gasteiger partial charge on any atom is -0.373 e. The molecule has 0 aromatic carbocycles. The molecule has 0 radical (unpaired) electrons. The van der Waals surface area contributed by atoms with Crippen LogP contribution in [0.15, 0.2) is 11.4 Å². The Morgan fingerprint density at radius 2 is 2.24 bits per heavy atom. The molecule has 2 aromatic heterocycles. The Labute approximate surface area is 128 Å². The van der Waals surface area contributed by atoms with E-state index in [2.05, 4.69) is 32.0 Å². The summed E-state index contributed by atoms with van der Waals surface area (Å²) in [6, 6.07) is 2.44. The van der Waals surface area contributed by atoms with E-state index in [0.29, 0.717) is 6.04 Å². The molecule has 2 saturated heterocycles. The lowest BCUT2D eigenvalue weighted by Gasteiger charge is -2.32.